The van der Waals surface area contributed by atoms with Crippen molar-refractivity contribution in [1.29, 1.82) is 0 Å². The van der Waals surface area contributed by atoms with Crippen LogP contribution in [0.1, 0.15) is 0 Å². The summed E-state index contributed by atoms with van der Waals surface area (Å²) in [7, 11) is 1.62. The summed E-state index contributed by atoms with van der Waals surface area (Å²) in [5.74, 6) is 0.789. The fourth-order valence-electron chi connectivity index (χ4n) is 0.948. The first-order valence-electron chi connectivity index (χ1n) is 3.66. The molecule has 2 rings (SSSR count). The van der Waals surface area contributed by atoms with E-state index in [4.69, 9.17) is 4.74 Å². The molecule has 2 aromatic rings. The van der Waals surface area contributed by atoms with E-state index >= 15 is 0 Å². The summed E-state index contributed by atoms with van der Waals surface area (Å²) in [6.45, 7) is 0. The molecule has 0 unspecified atom stereocenters. The highest BCUT2D eigenvalue weighted by molar-refractivity contribution is 5.35. The van der Waals surface area contributed by atoms with Crippen LogP contribution in [0.15, 0.2) is 24.3 Å². The largest absolute Gasteiger partial charge is 0.497 e. The predicted molar refractivity (Wildman–Crippen MR) is 43.5 cm³/mol. The third-order valence-corrected chi connectivity index (χ3v) is 1.59. The minimum absolute atomic E-state index is 0.789. The first-order chi connectivity index (χ1) is 6.40. The number of rotatable bonds is 2. The molecule has 0 saturated heterocycles. The van der Waals surface area contributed by atoms with E-state index < -0.39 is 0 Å². The fraction of sp³-hybridized carbons (Fsp3) is 0.143. The Labute approximate surface area is 74.1 Å². The lowest BCUT2D eigenvalue weighted by atomic mass is 10.3. The number of hydrogen-bond donors (Lipinski definition) is 0. The van der Waals surface area contributed by atoms with Crippen molar-refractivity contribution in [2.24, 2.45) is 0 Å². The van der Waals surface area contributed by atoms with Gasteiger partial charge in [0.2, 0.25) is 0 Å². The van der Waals surface area contributed by atoms with Crippen molar-refractivity contribution < 1.29 is 4.74 Å². The molecule has 0 saturated carbocycles. The summed E-state index contributed by atoms with van der Waals surface area (Å²) in [6, 6.07) is 7.28. The Hall–Kier alpha value is -1.98. The minimum Gasteiger partial charge on any atom is -0.497 e. The van der Waals surface area contributed by atoms with E-state index in [0.29, 0.717) is 0 Å². The summed E-state index contributed by atoms with van der Waals surface area (Å²) in [5.41, 5.74) is 0.797. The van der Waals surface area contributed by atoms with Gasteiger partial charge < -0.3 is 4.74 Å². The Bertz CT molecular complexity index is 368. The van der Waals surface area contributed by atoms with Crippen molar-refractivity contribution in [3.63, 3.8) is 0 Å². The normalized spacial score (nSPS) is 9.92. The van der Waals surface area contributed by atoms with Crippen LogP contribution in [0.2, 0.25) is 0 Å². The van der Waals surface area contributed by atoms with Crippen LogP contribution in [0.5, 0.6) is 5.75 Å². The van der Waals surface area contributed by atoms with E-state index in [1.54, 1.807) is 7.11 Å². The second-order valence-electron chi connectivity index (χ2n) is 2.35. The molecule has 0 amide bonds. The molecule has 13 heavy (non-hydrogen) atoms. The second kappa shape index (κ2) is 3.18. The van der Waals surface area contributed by atoms with Gasteiger partial charge in [0.05, 0.1) is 12.8 Å². The minimum atomic E-state index is 0.789. The van der Waals surface area contributed by atoms with Gasteiger partial charge in [-0.15, -0.1) is 4.80 Å². The topological polar surface area (TPSA) is 65.7 Å². The fourth-order valence-corrected chi connectivity index (χ4v) is 0.948. The van der Waals surface area contributed by atoms with E-state index in [1.165, 1.54) is 4.80 Å². The second-order valence-corrected chi connectivity index (χ2v) is 2.35. The SMILES string of the molecule is COc1ccc(-[15n]2nn[15n]n2)cc1. The van der Waals surface area contributed by atoms with Crippen LogP contribution in [0.4, 0.5) is 0 Å². The van der Waals surface area contributed by atoms with Gasteiger partial charge in [-0.2, -0.15) is 0 Å². The molecule has 6 nitrogen and oxygen atoms in total. The summed E-state index contributed by atoms with van der Waals surface area (Å²) >= 11 is 0. The van der Waals surface area contributed by atoms with E-state index in [2.05, 4.69) is 20.9 Å². The van der Waals surface area contributed by atoms with Gasteiger partial charge in [-0.1, -0.05) is 0 Å². The predicted octanol–water partition coefficient (Wildman–Crippen LogP) is 0.0659. The molecule has 0 aliphatic rings. The lowest BCUT2D eigenvalue weighted by Gasteiger charge is -1.99. The maximum absolute atomic E-state index is 5.01. The van der Waals surface area contributed by atoms with Crippen molar-refractivity contribution in [2.75, 3.05) is 7.11 Å². The van der Waals surface area contributed by atoms with E-state index in [1.807, 2.05) is 24.3 Å². The monoisotopic (exact) mass is 179 g/mol. The first kappa shape index (κ1) is 7.66. The molecular formula is C7H7N5O. The summed E-state index contributed by atoms with van der Waals surface area (Å²) in [6.07, 6.45) is 0. The molecule has 0 aliphatic carbocycles. The van der Waals surface area contributed by atoms with E-state index in [0.717, 1.165) is 11.4 Å². The molecule has 0 aliphatic heterocycles. The maximum Gasteiger partial charge on any atom is 0.119 e. The molecule has 66 valence electrons. The standard InChI is InChI=1S/C7H7N5O/c1-13-7-4-2-6(3-5-7)12-10-8-9-11-12/h2-5H,1H3/i8+1,12+1. The van der Waals surface area contributed by atoms with Crippen LogP contribution in [-0.4, -0.2) is 32.8 Å². The van der Waals surface area contributed by atoms with Crippen molar-refractivity contribution in [3.8, 4) is 11.4 Å². The molecule has 0 bridgehead atoms. The van der Waals surface area contributed by atoms with Crippen LogP contribution in [0, 0.1) is 0 Å². The van der Waals surface area contributed by atoms with Gasteiger partial charge >= 0.3 is 0 Å². The van der Waals surface area contributed by atoms with Gasteiger partial charge in [-0.25, -0.2) is 0 Å². The van der Waals surface area contributed by atoms with Gasteiger partial charge in [-0.3, -0.25) is 0 Å². The van der Waals surface area contributed by atoms with Crippen LogP contribution in [-0.2, 0) is 0 Å². The van der Waals surface area contributed by atoms with Crippen molar-refractivity contribution >= 4 is 0 Å². The number of benzene rings is 1. The maximum atomic E-state index is 5.01. The lowest BCUT2D eigenvalue weighted by molar-refractivity contribution is 0.414. The van der Waals surface area contributed by atoms with Crippen LogP contribution in [0.3, 0.4) is 0 Å². The quantitative estimate of drug-likeness (QED) is 0.652. The van der Waals surface area contributed by atoms with Gasteiger partial charge in [0, 0.05) is 0 Å². The Morgan fingerprint density at radius 3 is 2.23 bits per heavy atom. The van der Waals surface area contributed by atoms with Gasteiger partial charge in [0.25, 0.3) is 0 Å². The number of nitrogens with zero attached hydrogens (tertiary/aromatic N) is 5. The molecule has 0 atom stereocenters. The molecule has 0 spiro atoms. The third kappa shape index (κ3) is 1.46. The van der Waals surface area contributed by atoms with E-state index in [9.17, 15) is 0 Å². The van der Waals surface area contributed by atoms with Crippen molar-refractivity contribution in [3.05, 3.63) is 24.3 Å². The van der Waals surface area contributed by atoms with Gasteiger partial charge in [-0.05, 0) is 45.1 Å². The zero-order valence-corrected chi connectivity index (χ0v) is 6.95. The zero-order valence-electron chi connectivity index (χ0n) is 6.95. The van der Waals surface area contributed by atoms with Crippen molar-refractivity contribution in [2.45, 2.75) is 0 Å². The number of hydrogen-bond acceptors (Lipinski definition) is 5. The van der Waals surface area contributed by atoms with Crippen LogP contribution < -0.4 is 4.74 Å². The highest BCUT2D eigenvalue weighted by Gasteiger charge is 1.98. The van der Waals surface area contributed by atoms with E-state index in [-0.39, 0.29) is 0 Å². The average Bonchev–Trinajstić information content (AvgIpc) is 2.71. The Morgan fingerprint density at radius 2 is 1.69 bits per heavy atom. The molecule has 1 aromatic heterocycles. The molecule has 0 N–H and O–H groups in total. The number of aromatic nitrogens is 5. The zero-order chi connectivity index (χ0) is 9.10. The van der Waals surface area contributed by atoms with Crippen LogP contribution in [0.25, 0.3) is 5.69 Å². The smallest absolute Gasteiger partial charge is 0.119 e. The molecule has 0 fully saturated rings. The van der Waals surface area contributed by atoms with Gasteiger partial charge in [0.15, 0.2) is 0 Å². The van der Waals surface area contributed by atoms with Gasteiger partial charge in [0.1, 0.15) is 5.75 Å². The highest BCUT2D eigenvalue weighted by Crippen LogP contribution is 2.12. The molecule has 6 heteroatoms. The van der Waals surface area contributed by atoms with Crippen molar-refractivity contribution in [1.82, 2.24) is 25.7 Å². The number of methoxy groups -OCH3 is 1. The molecule has 1 aromatic carbocycles. The Balaban J connectivity index is 2.33. The summed E-state index contributed by atoms with van der Waals surface area (Å²) < 4.78 is 5.01. The first-order valence-corrected chi connectivity index (χ1v) is 3.66. The summed E-state index contributed by atoms with van der Waals surface area (Å²) in [5, 5.41) is 14.0. The molecule has 1 heterocycles. The molecular weight excluding hydrogens is 172 g/mol. The third-order valence-electron chi connectivity index (χ3n) is 1.59. The Morgan fingerprint density at radius 1 is 1.08 bits per heavy atom. The number of ether oxygens (including phenoxy) is 1. The Kier molecular flexibility index (Phi) is 1.87. The van der Waals surface area contributed by atoms with Crippen LogP contribution >= 0.6 is 0 Å². The highest BCUT2D eigenvalue weighted by atomic mass is 16.5. The lowest BCUT2D eigenvalue weighted by Crippen LogP contribution is -1.98. The average molecular weight is 179 g/mol. The summed E-state index contributed by atoms with van der Waals surface area (Å²) in [4.78, 5) is 1.33. The molecule has 0 radical (unpaired) electrons.